The molecule has 6 aromatic rings. The van der Waals surface area contributed by atoms with Crippen molar-refractivity contribution in [2.24, 2.45) is 7.05 Å². The highest BCUT2D eigenvalue weighted by Crippen LogP contribution is 2.36. The maximum atomic E-state index is 9.18. The van der Waals surface area contributed by atoms with E-state index in [-0.39, 0.29) is 0 Å². The van der Waals surface area contributed by atoms with E-state index in [0.29, 0.717) is 5.56 Å². The number of nitriles is 1. The lowest BCUT2D eigenvalue weighted by Crippen LogP contribution is -1.96. The van der Waals surface area contributed by atoms with Crippen molar-refractivity contribution < 1.29 is 4.74 Å². The Kier molecular flexibility index (Phi) is 5.20. The number of rotatable bonds is 5. The van der Waals surface area contributed by atoms with Crippen LogP contribution >= 0.6 is 11.3 Å². The fraction of sp³-hybridized carbons (Fsp3) is 0.138. The van der Waals surface area contributed by atoms with E-state index in [4.69, 9.17) is 14.8 Å². The molecule has 3 aromatic heterocycles. The minimum atomic E-state index is 0.633. The van der Waals surface area contributed by atoms with Gasteiger partial charge in [-0.2, -0.15) is 10.4 Å². The van der Waals surface area contributed by atoms with Gasteiger partial charge in [0.15, 0.2) is 0 Å². The predicted octanol–water partition coefficient (Wildman–Crippen LogP) is 6.67. The van der Waals surface area contributed by atoms with Gasteiger partial charge in [-0.15, -0.1) is 11.3 Å². The second-order valence-electron chi connectivity index (χ2n) is 8.61. The molecule has 0 aliphatic rings. The van der Waals surface area contributed by atoms with Crippen molar-refractivity contribution in [2.75, 3.05) is 7.11 Å². The SMILES string of the molecule is COc1cc2ncc3c(c(-c4ccc(C#N)cc4)nn3C)c2cc1CCc1cc2ccccc2s1. The first-order valence-electron chi connectivity index (χ1n) is 11.4. The van der Waals surface area contributed by atoms with Crippen molar-refractivity contribution in [1.82, 2.24) is 14.8 Å². The van der Waals surface area contributed by atoms with E-state index >= 15 is 0 Å². The van der Waals surface area contributed by atoms with Gasteiger partial charge in [0.1, 0.15) is 11.4 Å². The van der Waals surface area contributed by atoms with E-state index in [1.807, 2.05) is 59.6 Å². The van der Waals surface area contributed by atoms with Gasteiger partial charge in [-0.25, -0.2) is 0 Å². The molecule has 0 spiro atoms. The lowest BCUT2D eigenvalue weighted by molar-refractivity contribution is 0.410. The van der Waals surface area contributed by atoms with Gasteiger partial charge >= 0.3 is 0 Å². The van der Waals surface area contributed by atoms with Crippen molar-refractivity contribution in [3.8, 4) is 23.1 Å². The molecule has 6 heteroatoms. The molecule has 0 N–H and O–H groups in total. The largest absolute Gasteiger partial charge is 0.496 e. The predicted molar refractivity (Wildman–Crippen MR) is 142 cm³/mol. The zero-order valence-corrected chi connectivity index (χ0v) is 20.3. The molecule has 0 aliphatic carbocycles. The summed E-state index contributed by atoms with van der Waals surface area (Å²) >= 11 is 1.85. The minimum absolute atomic E-state index is 0.633. The Morgan fingerprint density at radius 1 is 1.03 bits per heavy atom. The monoisotopic (exact) mass is 474 g/mol. The Morgan fingerprint density at radius 2 is 1.86 bits per heavy atom. The number of ether oxygens (including phenoxy) is 1. The van der Waals surface area contributed by atoms with Gasteiger partial charge in [-0.3, -0.25) is 9.67 Å². The number of hydrogen-bond acceptors (Lipinski definition) is 5. The first kappa shape index (κ1) is 21.3. The van der Waals surface area contributed by atoms with Crippen LogP contribution < -0.4 is 4.74 Å². The maximum Gasteiger partial charge on any atom is 0.124 e. The molecule has 0 unspecified atom stereocenters. The van der Waals surface area contributed by atoms with Crippen molar-refractivity contribution >= 4 is 43.2 Å². The van der Waals surface area contributed by atoms with E-state index < -0.39 is 0 Å². The van der Waals surface area contributed by atoms with Crippen LogP contribution in [-0.2, 0) is 19.9 Å². The van der Waals surface area contributed by atoms with Gasteiger partial charge in [0, 0.05) is 39.0 Å². The summed E-state index contributed by atoms with van der Waals surface area (Å²) < 4.78 is 8.96. The molecular formula is C29H22N4OS. The summed E-state index contributed by atoms with van der Waals surface area (Å²) in [6, 6.07) is 24.8. The Balaban J connectivity index is 1.47. The molecule has 6 rings (SSSR count). The summed E-state index contributed by atoms with van der Waals surface area (Å²) in [4.78, 5) is 6.08. The van der Waals surface area contributed by atoms with E-state index in [1.165, 1.54) is 15.0 Å². The number of aromatic nitrogens is 3. The molecule has 5 nitrogen and oxygen atoms in total. The molecule has 170 valence electrons. The average molecular weight is 475 g/mol. The van der Waals surface area contributed by atoms with Gasteiger partial charge < -0.3 is 4.74 Å². The Labute approximate surface area is 206 Å². The van der Waals surface area contributed by atoms with Crippen LogP contribution in [0, 0.1) is 11.3 Å². The summed E-state index contributed by atoms with van der Waals surface area (Å²) in [5.41, 5.74) is 5.50. The van der Waals surface area contributed by atoms with Crippen molar-refractivity contribution in [3.63, 3.8) is 0 Å². The molecule has 0 radical (unpaired) electrons. The van der Waals surface area contributed by atoms with Crippen LogP contribution in [0.1, 0.15) is 16.0 Å². The van der Waals surface area contributed by atoms with Gasteiger partial charge in [0.2, 0.25) is 0 Å². The third-order valence-corrected chi connectivity index (χ3v) is 7.67. The molecule has 3 heterocycles. The van der Waals surface area contributed by atoms with Crippen molar-refractivity contribution in [3.05, 3.63) is 88.9 Å². The molecule has 0 saturated carbocycles. The topological polar surface area (TPSA) is 63.7 Å². The molecular weight excluding hydrogens is 452 g/mol. The Morgan fingerprint density at radius 3 is 2.63 bits per heavy atom. The van der Waals surface area contributed by atoms with Crippen LogP contribution in [0.25, 0.3) is 43.1 Å². The Hall–Kier alpha value is -4.21. The van der Waals surface area contributed by atoms with Crippen molar-refractivity contribution in [2.45, 2.75) is 12.8 Å². The highest BCUT2D eigenvalue weighted by molar-refractivity contribution is 7.19. The quantitative estimate of drug-likeness (QED) is 0.280. The average Bonchev–Trinajstić information content (AvgIpc) is 3.47. The van der Waals surface area contributed by atoms with Crippen LogP contribution in [-0.4, -0.2) is 21.9 Å². The smallest absolute Gasteiger partial charge is 0.124 e. The standard InChI is InChI=1S/C29H22N4OS/c1-33-25-17-31-24-15-26(34-2)20(11-12-22-13-21-5-3-4-6-27(21)35-22)14-23(24)28(25)29(32-33)19-9-7-18(16-30)8-10-19/h3-10,13-15,17H,11-12H2,1-2H3. The third-order valence-electron chi connectivity index (χ3n) is 6.49. The summed E-state index contributed by atoms with van der Waals surface area (Å²) in [6.45, 7) is 0. The van der Waals surface area contributed by atoms with Crippen molar-refractivity contribution in [1.29, 1.82) is 5.26 Å². The highest BCUT2D eigenvalue weighted by Gasteiger charge is 2.17. The molecule has 0 atom stereocenters. The zero-order chi connectivity index (χ0) is 23.9. The number of aryl methyl sites for hydroxylation is 3. The molecule has 0 fully saturated rings. The molecule has 0 amide bonds. The molecule has 0 bridgehead atoms. The molecule has 3 aromatic carbocycles. The molecule has 35 heavy (non-hydrogen) atoms. The number of benzene rings is 3. The van der Waals surface area contributed by atoms with E-state index in [2.05, 4.69) is 42.5 Å². The van der Waals surface area contributed by atoms with Crippen LogP contribution in [0.2, 0.25) is 0 Å². The van der Waals surface area contributed by atoms with Crippen LogP contribution in [0.4, 0.5) is 0 Å². The summed E-state index contributed by atoms with van der Waals surface area (Å²) in [6.07, 6.45) is 3.68. The number of methoxy groups -OCH3 is 1. The molecule has 0 saturated heterocycles. The number of hydrogen-bond donors (Lipinski definition) is 0. The lowest BCUT2D eigenvalue weighted by atomic mass is 9.99. The second kappa shape index (κ2) is 8.53. The number of thiophene rings is 1. The fourth-order valence-corrected chi connectivity index (χ4v) is 5.77. The van der Waals surface area contributed by atoms with E-state index in [9.17, 15) is 5.26 Å². The van der Waals surface area contributed by atoms with Crippen LogP contribution in [0.3, 0.4) is 0 Å². The third kappa shape index (κ3) is 3.71. The van der Waals surface area contributed by atoms with Gasteiger partial charge in [-0.05, 0) is 54.1 Å². The highest BCUT2D eigenvalue weighted by atomic mass is 32.1. The minimum Gasteiger partial charge on any atom is -0.496 e. The summed E-state index contributed by atoms with van der Waals surface area (Å²) in [5.74, 6) is 0.856. The first-order chi connectivity index (χ1) is 17.1. The normalized spacial score (nSPS) is 11.3. The summed E-state index contributed by atoms with van der Waals surface area (Å²) in [7, 11) is 3.66. The number of nitrogens with zero attached hydrogens (tertiary/aromatic N) is 4. The number of pyridine rings is 1. The fourth-order valence-electron chi connectivity index (χ4n) is 4.71. The zero-order valence-electron chi connectivity index (χ0n) is 19.4. The maximum absolute atomic E-state index is 9.18. The number of fused-ring (bicyclic) bond motifs is 4. The van der Waals surface area contributed by atoms with E-state index in [0.717, 1.165) is 57.2 Å². The lowest BCUT2D eigenvalue weighted by Gasteiger charge is -2.11. The van der Waals surface area contributed by atoms with Gasteiger partial charge in [-0.1, -0.05) is 30.3 Å². The van der Waals surface area contributed by atoms with E-state index in [1.54, 1.807) is 7.11 Å². The van der Waals surface area contributed by atoms with Gasteiger partial charge in [0.25, 0.3) is 0 Å². The van der Waals surface area contributed by atoms with Crippen LogP contribution in [0.5, 0.6) is 5.75 Å². The molecule has 0 aliphatic heterocycles. The summed E-state index contributed by atoms with van der Waals surface area (Å²) in [5, 5.41) is 17.4. The van der Waals surface area contributed by atoms with Crippen LogP contribution in [0.15, 0.2) is 72.9 Å². The first-order valence-corrected chi connectivity index (χ1v) is 12.3. The second-order valence-corrected chi connectivity index (χ2v) is 9.78. The van der Waals surface area contributed by atoms with Gasteiger partial charge in [0.05, 0.1) is 36.0 Å². The Bertz CT molecular complexity index is 1720.